The molecule has 0 saturated carbocycles. The van der Waals surface area contributed by atoms with Gasteiger partial charge in [0.15, 0.2) is 0 Å². The van der Waals surface area contributed by atoms with Crippen LogP contribution in [0.4, 0.5) is 4.79 Å². The van der Waals surface area contributed by atoms with Crippen molar-refractivity contribution >= 4 is 33.0 Å². The third-order valence-corrected chi connectivity index (χ3v) is 9.25. The fraction of sp³-hybridized carbons (Fsp3) is 0.353. The second-order valence-electron chi connectivity index (χ2n) is 12.6. The summed E-state index contributed by atoms with van der Waals surface area (Å²) in [4.78, 5) is 29.4. The minimum atomic E-state index is -4.15. The monoisotopic (exact) mass is 615 g/mol. The summed E-state index contributed by atoms with van der Waals surface area (Å²) in [6.45, 7) is 10.3. The third-order valence-electron chi connectivity index (χ3n) is 8.00. The average molecular weight is 616 g/mol. The zero-order chi connectivity index (χ0) is 31.2. The maximum absolute atomic E-state index is 13.7. The van der Waals surface area contributed by atoms with E-state index in [9.17, 15) is 18.0 Å². The smallest absolute Gasteiger partial charge is 0.419 e. The summed E-state index contributed by atoms with van der Waals surface area (Å²) in [5, 5.41) is 3.64. The molecule has 1 N–H and O–H groups in total. The van der Waals surface area contributed by atoms with Crippen LogP contribution in [-0.4, -0.2) is 48.6 Å². The highest BCUT2D eigenvalue weighted by Crippen LogP contribution is 2.39. The summed E-state index contributed by atoms with van der Waals surface area (Å²) in [5.41, 5.74) is 3.60. The molecule has 0 atom stereocenters. The van der Waals surface area contributed by atoms with E-state index in [-0.39, 0.29) is 28.7 Å². The van der Waals surface area contributed by atoms with E-state index in [2.05, 4.69) is 16.3 Å². The van der Waals surface area contributed by atoms with Crippen molar-refractivity contribution in [3.63, 3.8) is 0 Å². The highest BCUT2D eigenvalue weighted by Gasteiger charge is 2.32. The second kappa shape index (κ2) is 11.4. The van der Waals surface area contributed by atoms with E-state index in [1.54, 1.807) is 45.0 Å². The van der Waals surface area contributed by atoms with Gasteiger partial charge < -0.3 is 14.2 Å². The van der Waals surface area contributed by atoms with E-state index in [0.29, 0.717) is 22.3 Å². The van der Waals surface area contributed by atoms with Crippen LogP contribution in [0, 0.1) is 6.92 Å². The first-order valence-electron chi connectivity index (χ1n) is 15.0. The van der Waals surface area contributed by atoms with Crippen LogP contribution in [0.1, 0.15) is 67.1 Å². The van der Waals surface area contributed by atoms with Gasteiger partial charge in [0.1, 0.15) is 16.2 Å². The van der Waals surface area contributed by atoms with Gasteiger partial charge in [-0.3, -0.25) is 9.69 Å². The predicted molar refractivity (Wildman–Crippen MR) is 168 cm³/mol. The standard InChI is InChI=1S/C34H37N3O6S/c1-22-8-11-25(12-9-22)44(40,41)43-30-15-13-26(31-27(30)20-35-32(31)38)29-19-24-18-23(21-36-16-6-5-7-17-36)10-14-28(24)37(29)33(39)42-34(2,3)4/h8-15,18-19H,5-7,16-17,20-21H2,1-4H3,(H,35,38). The minimum absolute atomic E-state index is 0.0172. The van der Waals surface area contributed by atoms with Crippen LogP contribution < -0.4 is 9.50 Å². The topological polar surface area (TPSA) is 107 Å². The first kappa shape index (κ1) is 29.9. The van der Waals surface area contributed by atoms with Crippen LogP contribution in [-0.2, 0) is 27.9 Å². The number of hydrogen-bond acceptors (Lipinski definition) is 7. The number of likely N-dealkylation sites (tertiary alicyclic amines) is 1. The van der Waals surface area contributed by atoms with E-state index in [0.717, 1.165) is 36.1 Å². The van der Waals surface area contributed by atoms with Crippen LogP contribution >= 0.6 is 0 Å². The molecule has 3 heterocycles. The molecule has 2 aliphatic heterocycles. The van der Waals surface area contributed by atoms with Crippen molar-refractivity contribution in [2.24, 2.45) is 0 Å². The van der Waals surface area contributed by atoms with Crippen molar-refractivity contribution in [2.75, 3.05) is 13.1 Å². The van der Waals surface area contributed by atoms with Gasteiger partial charge in [0.2, 0.25) is 0 Å². The maximum atomic E-state index is 13.7. The number of fused-ring (bicyclic) bond motifs is 2. The normalized spacial score (nSPS) is 15.7. The number of rotatable bonds is 6. The van der Waals surface area contributed by atoms with Gasteiger partial charge in [-0.15, -0.1) is 0 Å². The maximum Gasteiger partial charge on any atom is 0.419 e. The molecule has 1 aromatic heterocycles. The number of hydrogen-bond donors (Lipinski definition) is 1. The first-order chi connectivity index (χ1) is 20.9. The lowest BCUT2D eigenvalue weighted by Crippen LogP contribution is -2.29. The summed E-state index contributed by atoms with van der Waals surface area (Å²) in [6, 6.07) is 17.5. The summed E-state index contributed by atoms with van der Waals surface area (Å²) in [5.74, 6) is -0.314. The van der Waals surface area contributed by atoms with E-state index in [1.807, 2.05) is 25.1 Å². The molecule has 0 aliphatic carbocycles. The van der Waals surface area contributed by atoms with E-state index >= 15 is 0 Å². The molecule has 0 bridgehead atoms. The van der Waals surface area contributed by atoms with Gasteiger partial charge in [-0.1, -0.05) is 30.2 Å². The summed E-state index contributed by atoms with van der Waals surface area (Å²) >= 11 is 0. The van der Waals surface area contributed by atoms with Gasteiger partial charge in [-0.05, 0) is 102 Å². The Morgan fingerprint density at radius 2 is 1.68 bits per heavy atom. The highest BCUT2D eigenvalue weighted by molar-refractivity contribution is 7.87. The number of piperidine rings is 1. The van der Waals surface area contributed by atoms with Gasteiger partial charge in [0.25, 0.3) is 5.91 Å². The van der Waals surface area contributed by atoms with Crippen molar-refractivity contribution < 1.29 is 26.9 Å². The molecule has 10 heteroatoms. The number of benzene rings is 3. The Kier molecular flexibility index (Phi) is 7.75. The van der Waals surface area contributed by atoms with Gasteiger partial charge in [0, 0.05) is 29.6 Å². The van der Waals surface area contributed by atoms with Crippen LogP contribution in [0.5, 0.6) is 5.75 Å². The first-order valence-corrected chi connectivity index (χ1v) is 16.4. The zero-order valence-electron chi connectivity index (χ0n) is 25.5. The number of aromatic nitrogens is 1. The number of aryl methyl sites for hydroxylation is 1. The Morgan fingerprint density at radius 1 is 0.955 bits per heavy atom. The van der Waals surface area contributed by atoms with Crippen LogP contribution in [0.3, 0.4) is 0 Å². The number of carbonyl (C=O) groups excluding carboxylic acids is 2. The Hall–Kier alpha value is -4.15. The average Bonchev–Trinajstić information content (AvgIpc) is 3.54. The molecule has 3 aromatic carbocycles. The molecule has 1 saturated heterocycles. The molecular formula is C34H37N3O6S. The summed E-state index contributed by atoms with van der Waals surface area (Å²) in [6.07, 6.45) is 3.08. The lowest BCUT2D eigenvalue weighted by atomic mass is 9.99. The third kappa shape index (κ3) is 5.96. The molecule has 1 amide bonds. The molecule has 1 fully saturated rings. The molecule has 0 spiro atoms. The molecule has 0 radical (unpaired) electrons. The van der Waals surface area contributed by atoms with Gasteiger partial charge in [-0.25, -0.2) is 9.36 Å². The molecule has 2 aliphatic rings. The van der Waals surface area contributed by atoms with E-state index in [4.69, 9.17) is 8.92 Å². The SMILES string of the molecule is Cc1ccc(S(=O)(=O)Oc2ccc(-c3cc4cc(CN5CCCCC5)ccc4n3C(=O)OC(C)(C)C)c3c2CNC3=O)cc1. The number of carbonyl (C=O) groups is 2. The predicted octanol–water partition coefficient (Wildman–Crippen LogP) is 6.40. The Morgan fingerprint density at radius 3 is 2.39 bits per heavy atom. The minimum Gasteiger partial charge on any atom is -0.443 e. The van der Waals surface area contributed by atoms with E-state index < -0.39 is 21.8 Å². The second-order valence-corrected chi connectivity index (χ2v) is 14.1. The van der Waals surface area contributed by atoms with Gasteiger partial charge in [0.05, 0.1) is 16.8 Å². The Balaban J connectivity index is 1.45. The van der Waals surface area contributed by atoms with Gasteiger partial charge >= 0.3 is 16.2 Å². The fourth-order valence-corrected chi connectivity index (χ4v) is 6.88. The Labute approximate surface area is 257 Å². The quantitative estimate of drug-likeness (QED) is 0.250. The van der Waals surface area contributed by atoms with Gasteiger partial charge in [-0.2, -0.15) is 8.42 Å². The molecule has 9 nitrogen and oxygen atoms in total. The number of nitrogens with one attached hydrogen (secondary N) is 1. The van der Waals surface area contributed by atoms with Crippen LogP contribution in [0.15, 0.2) is 65.6 Å². The molecular weight excluding hydrogens is 578 g/mol. The molecule has 230 valence electrons. The summed E-state index contributed by atoms with van der Waals surface area (Å²) < 4.78 is 39.1. The molecule has 44 heavy (non-hydrogen) atoms. The van der Waals surface area contributed by atoms with Crippen molar-refractivity contribution in [3.05, 3.63) is 82.9 Å². The molecule has 0 unspecified atom stereocenters. The zero-order valence-corrected chi connectivity index (χ0v) is 26.3. The lowest BCUT2D eigenvalue weighted by Gasteiger charge is -2.26. The fourth-order valence-electron chi connectivity index (χ4n) is 5.92. The molecule has 6 rings (SSSR count). The largest absolute Gasteiger partial charge is 0.443 e. The van der Waals surface area contributed by atoms with Crippen molar-refractivity contribution in [2.45, 2.75) is 70.5 Å². The van der Waals surface area contributed by atoms with E-state index in [1.165, 1.54) is 36.0 Å². The summed E-state index contributed by atoms with van der Waals surface area (Å²) in [7, 11) is -4.15. The lowest BCUT2D eigenvalue weighted by molar-refractivity contribution is 0.0546. The van der Waals surface area contributed by atoms with Crippen LogP contribution in [0.2, 0.25) is 0 Å². The number of ether oxygens (including phenoxy) is 1. The van der Waals surface area contributed by atoms with Crippen LogP contribution in [0.25, 0.3) is 22.2 Å². The van der Waals surface area contributed by atoms with Crippen molar-refractivity contribution in [1.82, 2.24) is 14.8 Å². The highest BCUT2D eigenvalue weighted by atomic mass is 32.2. The number of nitrogens with zero attached hydrogens (tertiary/aromatic N) is 2. The van der Waals surface area contributed by atoms with Crippen molar-refractivity contribution in [3.8, 4) is 17.0 Å². The number of amides is 1. The van der Waals surface area contributed by atoms with Crippen molar-refractivity contribution in [1.29, 1.82) is 0 Å². The molecule has 4 aromatic rings. The Bertz CT molecular complexity index is 1860.